The zero-order chi connectivity index (χ0) is 16.4. The second-order valence-electron chi connectivity index (χ2n) is 6.55. The van der Waals surface area contributed by atoms with Gasteiger partial charge in [0.1, 0.15) is 11.8 Å². The molecule has 3 rings (SSSR count). The van der Waals surface area contributed by atoms with E-state index in [0.29, 0.717) is 18.3 Å². The van der Waals surface area contributed by atoms with Crippen molar-refractivity contribution in [2.24, 2.45) is 0 Å². The fraction of sp³-hybridized carbons (Fsp3) is 0.556. The maximum atomic E-state index is 12.7. The highest BCUT2D eigenvalue weighted by atomic mass is 16.5. The Morgan fingerprint density at radius 1 is 1.22 bits per heavy atom. The van der Waals surface area contributed by atoms with Gasteiger partial charge >= 0.3 is 0 Å². The molecule has 1 aliphatic heterocycles. The maximum Gasteiger partial charge on any atom is 0.264 e. The van der Waals surface area contributed by atoms with E-state index in [9.17, 15) is 9.59 Å². The predicted molar refractivity (Wildman–Crippen MR) is 87.2 cm³/mol. The fourth-order valence-corrected chi connectivity index (χ4v) is 2.93. The molecule has 2 amide bonds. The molecule has 0 spiro atoms. The van der Waals surface area contributed by atoms with E-state index in [1.165, 1.54) is 0 Å². The van der Waals surface area contributed by atoms with Crippen LogP contribution in [-0.4, -0.2) is 41.4 Å². The minimum Gasteiger partial charge on any atom is -0.481 e. The fourth-order valence-electron chi connectivity index (χ4n) is 2.93. The molecule has 5 heteroatoms. The number of likely N-dealkylation sites (tertiary alicyclic amines) is 1. The number of carbonyl (C=O) groups excluding carboxylic acids is 2. The Morgan fingerprint density at radius 2 is 1.91 bits per heavy atom. The van der Waals surface area contributed by atoms with Crippen molar-refractivity contribution in [3.8, 4) is 5.75 Å². The van der Waals surface area contributed by atoms with E-state index in [0.717, 1.165) is 31.2 Å². The van der Waals surface area contributed by atoms with Gasteiger partial charge in [-0.1, -0.05) is 17.7 Å². The molecule has 1 aromatic carbocycles. The van der Waals surface area contributed by atoms with Crippen LogP contribution in [0.1, 0.15) is 38.2 Å². The van der Waals surface area contributed by atoms with Gasteiger partial charge in [0.05, 0.1) is 0 Å². The minimum atomic E-state index is -0.591. The molecule has 2 atom stereocenters. The van der Waals surface area contributed by atoms with Gasteiger partial charge in [0.25, 0.3) is 5.91 Å². The summed E-state index contributed by atoms with van der Waals surface area (Å²) in [7, 11) is 0. The maximum absolute atomic E-state index is 12.7. The molecule has 2 fully saturated rings. The predicted octanol–water partition coefficient (Wildman–Crippen LogP) is 2.03. The number of benzene rings is 1. The van der Waals surface area contributed by atoms with Crippen LogP contribution in [0, 0.1) is 6.92 Å². The van der Waals surface area contributed by atoms with E-state index in [2.05, 4.69) is 5.32 Å². The lowest BCUT2D eigenvalue weighted by Gasteiger charge is -2.27. The normalized spacial score (nSPS) is 21.8. The molecule has 0 bridgehead atoms. The quantitative estimate of drug-likeness (QED) is 0.904. The summed E-state index contributed by atoms with van der Waals surface area (Å²) in [5, 5.41) is 3.00. The summed E-state index contributed by atoms with van der Waals surface area (Å²) in [5.41, 5.74) is 1.15. The van der Waals surface area contributed by atoms with Gasteiger partial charge in [0.2, 0.25) is 5.91 Å². The molecular weight excluding hydrogens is 292 g/mol. The number of ether oxygens (including phenoxy) is 1. The molecule has 5 nitrogen and oxygen atoms in total. The van der Waals surface area contributed by atoms with Gasteiger partial charge in [-0.3, -0.25) is 9.59 Å². The summed E-state index contributed by atoms with van der Waals surface area (Å²) in [6.45, 7) is 4.38. The van der Waals surface area contributed by atoms with Gasteiger partial charge in [-0.15, -0.1) is 0 Å². The third kappa shape index (κ3) is 3.84. The van der Waals surface area contributed by atoms with E-state index in [-0.39, 0.29) is 17.9 Å². The Kier molecular flexibility index (Phi) is 4.55. The first-order valence-electron chi connectivity index (χ1n) is 8.39. The lowest BCUT2D eigenvalue weighted by molar-refractivity contribution is -0.143. The molecule has 1 N–H and O–H groups in total. The first-order valence-corrected chi connectivity index (χ1v) is 8.39. The molecule has 124 valence electrons. The van der Waals surface area contributed by atoms with Crippen LogP contribution in [0.2, 0.25) is 0 Å². The zero-order valence-electron chi connectivity index (χ0n) is 13.7. The zero-order valence-corrected chi connectivity index (χ0v) is 13.7. The van der Waals surface area contributed by atoms with Crippen molar-refractivity contribution < 1.29 is 14.3 Å². The molecule has 1 saturated heterocycles. The van der Waals surface area contributed by atoms with Crippen LogP contribution in [0.3, 0.4) is 0 Å². The number of nitrogens with one attached hydrogen (secondary N) is 1. The number of hydrogen-bond acceptors (Lipinski definition) is 3. The highest BCUT2D eigenvalue weighted by Gasteiger charge is 2.38. The Hall–Kier alpha value is -2.04. The smallest absolute Gasteiger partial charge is 0.264 e. The van der Waals surface area contributed by atoms with Crippen molar-refractivity contribution in [3.05, 3.63) is 29.8 Å². The van der Waals surface area contributed by atoms with E-state index >= 15 is 0 Å². The van der Waals surface area contributed by atoms with Gasteiger partial charge in [-0.25, -0.2) is 0 Å². The number of hydrogen-bond donors (Lipinski definition) is 1. The molecule has 1 saturated carbocycles. The number of aryl methyl sites for hydroxylation is 1. The largest absolute Gasteiger partial charge is 0.481 e. The average Bonchev–Trinajstić information content (AvgIpc) is 3.21. The molecular formula is C18H24N2O3. The molecule has 1 aliphatic carbocycles. The summed E-state index contributed by atoms with van der Waals surface area (Å²) < 4.78 is 5.74. The summed E-state index contributed by atoms with van der Waals surface area (Å²) in [6, 6.07) is 7.61. The third-order valence-corrected chi connectivity index (χ3v) is 4.44. The van der Waals surface area contributed by atoms with Crippen LogP contribution in [0.25, 0.3) is 0 Å². The van der Waals surface area contributed by atoms with Crippen LogP contribution >= 0.6 is 0 Å². The van der Waals surface area contributed by atoms with Crippen LogP contribution in [0.4, 0.5) is 0 Å². The Balaban J connectivity index is 1.60. The molecule has 0 unspecified atom stereocenters. The number of rotatable bonds is 5. The molecule has 2 aliphatic rings. The lowest BCUT2D eigenvalue weighted by atomic mass is 10.2. The van der Waals surface area contributed by atoms with Gasteiger partial charge in [-0.2, -0.15) is 0 Å². The van der Waals surface area contributed by atoms with Crippen molar-refractivity contribution in [1.29, 1.82) is 0 Å². The molecule has 0 aromatic heterocycles. The first kappa shape index (κ1) is 15.8. The standard InChI is InChI=1S/C18H24N2O3/c1-12-5-9-15(10-6-12)23-13(2)18(22)20-11-3-4-16(20)17(21)19-14-7-8-14/h5-6,9-10,13-14,16H,3-4,7-8,11H2,1-2H3,(H,19,21)/t13-,16-/m1/s1. The summed E-state index contributed by atoms with van der Waals surface area (Å²) >= 11 is 0. The van der Waals surface area contributed by atoms with E-state index < -0.39 is 6.10 Å². The van der Waals surface area contributed by atoms with E-state index in [1.54, 1.807) is 11.8 Å². The number of carbonyl (C=O) groups is 2. The van der Waals surface area contributed by atoms with Gasteiger partial charge in [0, 0.05) is 12.6 Å². The highest BCUT2D eigenvalue weighted by molar-refractivity contribution is 5.90. The van der Waals surface area contributed by atoms with Crippen LogP contribution in [0.5, 0.6) is 5.75 Å². The first-order chi connectivity index (χ1) is 11.0. The van der Waals surface area contributed by atoms with Crippen molar-refractivity contribution in [3.63, 3.8) is 0 Å². The van der Waals surface area contributed by atoms with Crippen molar-refractivity contribution in [1.82, 2.24) is 10.2 Å². The van der Waals surface area contributed by atoms with Crippen LogP contribution < -0.4 is 10.1 Å². The van der Waals surface area contributed by atoms with E-state index in [4.69, 9.17) is 4.74 Å². The van der Waals surface area contributed by atoms with Gasteiger partial charge in [0.15, 0.2) is 6.10 Å². The highest BCUT2D eigenvalue weighted by Crippen LogP contribution is 2.23. The van der Waals surface area contributed by atoms with Crippen molar-refractivity contribution in [2.75, 3.05) is 6.54 Å². The Morgan fingerprint density at radius 3 is 2.57 bits per heavy atom. The Bertz CT molecular complexity index is 580. The second kappa shape index (κ2) is 6.60. The van der Waals surface area contributed by atoms with Gasteiger partial charge in [-0.05, 0) is 51.7 Å². The van der Waals surface area contributed by atoms with Gasteiger partial charge < -0.3 is 15.0 Å². The molecule has 1 aromatic rings. The topological polar surface area (TPSA) is 58.6 Å². The summed E-state index contributed by atoms with van der Waals surface area (Å²) in [4.78, 5) is 26.6. The SMILES string of the molecule is Cc1ccc(O[C@H](C)C(=O)N2CCC[C@@H]2C(=O)NC2CC2)cc1. The van der Waals surface area contributed by atoms with Crippen LogP contribution in [-0.2, 0) is 9.59 Å². The Labute approximate surface area is 137 Å². The molecule has 1 heterocycles. The summed E-state index contributed by atoms with van der Waals surface area (Å²) in [6.07, 6.45) is 3.12. The molecule has 0 radical (unpaired) electrons. The third-order valence-electron chi connectivity index (χ3n) is 4.44. The van der Waals surface area contributed by atoms with Crippen molar-refractivity contribution >= 4 is 11.8 Å². The number of amides is 2. The second-order valence-corrected chi connectivity index (χ2v) is 6.55. The minimum absolute atomic E-state index is 0.0131. The van der Waals surface area contributed by atoms with Crippen molar-refractivity contribution in [2.45, 2.75) is 57.7 Å². The van der Waals surface area contributed by atoms with E-state index in [1.807, 2.05) is 31.2 Å². The lowest BCUT2D eigenvalue weighted by Crippen LogP contribution is -2.50. The summed E-state index contributed by atoms with van der Waals surface area (Å²) in [5.74, 6) is 0.550. The monoisotopic (exact) mass is 316 g/mol. The number of nitrogens with zero attached hydrogens (tertiary/aromatic N) is 1. The average molecular weight is 316 g/mol. The molecule has 23 heavy (non-hydrogen) atoms. The van der Waals surface area contributed by atoms with Crippen LogP contribution in [0.15, 0.2) is 24.3 Å².